The molecule has 1 aliphatic rings. The third-order valence-corrected chi connectivity index (χ3v) is 4.12. The van der Waals surface area contributed by atoms with Gasteiger partial charge in [-0.1, -0.05) is 6.07 Å². The van der Waals surface area contributed by atoms with Crippen molar-refractivity contribution in [2.24, 2.45) is 5.73 Å². The number of aliphatic hydroxyl groups is 1. The maximum absolute atomic E-state index is 8.73. The third-order valence-electron chi connectivity index (χ3n) is 2.94. The lowest BCUT2D eigenvalue weighted by molar-refractivity contribution is 0.296. The molecule has 5 heteroatoms. The van der Waals surface area contributed by atoms with Crippen LogP contribution in [0.1, 0.15) is 24.4 Å². The Morgan fingerprint density at radius 1 is 1.26 bits per heavy atom. The van der Waals surface area contributed by atoms with Crippen LogP contribution >= 0.6 is 11.8 Å². The van der Waals surface area contributed by atoms with Crippen molar-refractivity contribution >= 4 is 11.8 Å². The molecule has 0 amide bonds. The molecule has 1 aromatic carbocycles. The number of benzene rings is 1. The standard InChI is InChI=1S/C14H21NO3S/c15-12(10-19-8-1-5-16)11-3-4-13-14(9-11)18-7-2-6-17-13/h3-4,9,12,16H,1-2,5-8,10,15H2. The lowest BCUT2D eigenvalue weighted by Gasteiger charge is -2.14. The van der Waals surface area contributed by atoms with Gasteiger partial charge >= 0.3 is 0 Å². The lowest BCUT2D eigenvalue weighted by atomic mass is 10.1. The number of hydrogen-bond acceptors (Lipinski definition) is 5. The van der Waals surface area contributed by atoms with E-state index in [1.807, 2.05) is 18.2 Å². The minimum Gasteiger partial charge on any atom is -0.490 e. The van der Waals surface area contributed by atoms with Gasteiger partial charge in [0.1, 0.15) is 0 Å². The van der Waals surface area contributed by atoms with Gasteiger partial charge in [0.05, 0.1) is 13.2 Å². The highest BCUT2D eigenvalue weighted by molar-refractivity contribution is 7.99. The zero-order chi connectivity index (χ0) is 13.5. The van der Waals surface area contributed by atoms with Gasteiger partial charge in [-0.15, -0.1) is 0 Å². The molecule has 1 unspecified atom stereocenters. The molecule has 106 valence electrons. The lowest BCUT2D eigenvalue weighted by Crippen LogP contribution is -2.13. The van der Waals surface area contributed by atoms with E-state index in [4.69, 9.17) is 20.3 Å². The van der Waals surface area contributed by atoms with Crippen molar-refractivity contribution < 1.29 is 14.6 Å². The molecule has 0 saturated carbocycles. The van der Waals surface area contributed by atoms with Crippen LogP contribution in [0.3, 0.4) is 0 Å². The molecule has 3 N–H and O–H groups in total. The van der Waals surface area contributed by atoms with Crippen molar-refractivity contribution in [2.45, 2.75) is 18.9 Å². The van der Waals surface area contributed by atoms with E-state index in [2.05, 4.69) is 0 Å². The molecule has 1 heterocycles. The van der Waals surface area contributed by atoms with Gasteiger partial charge in [-0.2, -0.15) is 11.8 Å². The second-order valence-corrected chi connectivity index (χ2v) is 5.67. The van der Waals surface area contributed by atoms with Crippen LogP contribution in [0.4, 0.5) is 0 Å². The maximum Gasteiger partial charge on any atom is 0.161 e. The Morgan fingerprint density at radius 3 is 2.84 bits per heavy atom. The van der Waals surface area contributed by atoms with Crippen LogP contribution in [0.25, 0.3) is 0 Å². The molecule has 19 heavy (non-hydrogen) atoms. The zero-order valence-corrected chi connectivity index (χ0v) is 11.8. The SMILES string of the molecule is NC(CSCCCO)c1ccc2c(c1)OCCCO2. The van der Waals surface area contributed by atoms with E-state index in [9.17, 15) is 0 Å². The van der Waals surface area contributed by atoms with E-state index in [1.165, 1.54) is 0 Å². The molecular formula is C14H21NO3S. The number of aliphatic hydroxyl groups excluding tert-OH is 1. The predicted octanol–water partition coefficient (Wildman–Crippen LogP) is 1.96. The van der Waals surface area contributed by atoms with E-state index in [-0.39, 0.29) is 12.6 Å². The third kappa shape index (κ3) is 4.30. The molecular weight excluding hydrogens is 262 g/mol. The second-order valence-electron chi connectivity index (χ2n) is 4.52. The molecule has 0 saturated heterocycles. The average Bonchev–Trinajstić information content (AvgIpc) is 2.67. The van der Waals surface area contributed by atoms with Gasteiger partial charge in [0.25, 0.3) is 0 Å². The summed E-state index contributed by atoms with van der Waals surface area (Å²) in [5, 5.41) is 8.73. The summed E-state index contributed by atoms with van der Waals surface area (Å²) < 4.78 is 11.3. The van der Waals surface area contributed by atoms with Crippen LogP contribution in [-0.2, 0) is 0 Å². The van der Waals surface area contributed by atoms with E-state index in [0.29, 0.717) is 13.2 Å². The fraction of sp³-hybridized carbons (Fsp3) is 0.571. The number of rotatable bonds is 6. The highest BCUT2D eigenvalue weighted by Gasteiger charge is 2.13. The van der Waals surface area contributed by atoms with Crippen molar-refractivity contribution in [3.8, 4) is 11.5 Å². The number of hydrogen-bond donors (Lipinski definition) is 2. The van der Waals surface area contributed by atoms with Gasteiger partial charge in [0.2, 0.25) is 0 Å². The van der Waals surface area contributed by atoms with Crippen LogP contribution in [-0.4, -0.2) is 36.4 Å². The van der Waals surface area contributed by atoms with E-state index in [0.717, 1.165) is 41.4 Å². The van der Waals surface area contributed by atoms with Gasteiger partial charge in [-0.05, 0) is 29.9 Å². The van der Waals surface area contributed by atoms with Gasteiger partial charge in [-0.25, -0.2) is 0 Å². The van der Waals surface area contributed by atoms with Crippen LogP contribution in [0.5, 0.6) is 11.5 Å². The Balaban J connectivity index is 1.94. The first-order chi connectivity index (χ1) is 9.31. The van der Waals surface area contributed by atoms with Crippen molar-refractivity contribution in [1.29, 1.82) is 0 Å². The summed E-state index contributed by atoms with van der Waals surface area (Å²) in [6.45, 7) is 1.64. The Hall–Kier alpha value is -0.910. The summed E-state index contributed by atoms with van der Waals surface area (Å²) in [4.78, 5) is 0. The molecule has 1 aliphatic heterocycles. The summed E-state index contributed by atoms with van der Waals surface area (Å²) in [7, 11) is 0. The summed E-state index contributed by atoms with van der Waals surface area (Å²) in [6, 6.07) is 5.91. The summed E-state index contributed by atoms with van der Waals surface area (Å²) in [5.74, 6) is 3.39. The van der Waals surface area contributed by atoms with E-state index in [1.54, 1.807) is 11.8 Å². The molecule has 4 nitrogen and oxygen atoms in total. The Labute approximate surface area is 118 Å². The van der Waals surface area contributed by atoms with Crippen LogP contribution in [0.2, 0.25) is 0 Å². The molecule has 0 radical (unpaired) electrons. The number of thioether (sulfide) groups is 1. The summed E-state index contributed by atoms with van der Waals surface area (Å²) >= 11 is 1.77. The van der Waals surface area contributed by atoms with Crippen molar-refractivity contribution in [3.63, 3.8) is 0 Å². The molecule has 0 fully saturated rings. The Bertz CT molecular complexity index is 400. The molecule has 1 aromatic rings. The van der Waals surface area contributed by atoms with Crippen LogP contribution in [0, 0.1) is 0 Å². The minimum absolute atomic E-state index is 0.0131. The molecule has 0 aromatic heterocycles. The van der Waals surface area contributed by atoms with Gasteiger partial charge < -0.3 is 20.3 Å². The fourth-order valence-corrected chi connectivity index (χ4v) is 2.83. The minimum atomic E-state index is -0.0131. The topological polar surface area (TPSA) is 64.7 Å². The van der Waals surface area contributed by atoms with Crippen LogP contribution < -0.4 is 15.2 Å². The maximum atomic E-state index is 8.73. The van der Waals surface area contributed by atoms with Crippen molar-refractivity contribution in [1.82, 2.24) is 0 Å². The normalized spacial score (nSPS) is 15.9. The first-order valence-electron chi connectivity index (χ1n) is 6.65. The van der Waals surface area contributed by atoms with Gasteiger partial charge in [0, 0.05) is 24.8 Å². The average molecular weight is 283 g/mol. The van der Waals surface area contributed by atoms with Crippen molar-refractivity contribution in [2.75, 3.05) is 31.3 Å². The highest BCUT2D eigenvalue weighted by Crippen LogP contribution is 2.32. The van der Waals surface area contributed by atoms with Gasteiger partial charge in [-0.3, -0.25) is 0 Å². The molecule has 0 spiro atoms. The van der Waals surface area contributed by atoms with E-state index >= 15 is 0 Å². The Morgan fingerprint density at radius 2 is 2.05 bits per heavy atom. The number of fused-ring (bicyclic) bond motifs is 1. The molecule has 2 rings (SSSR count). The zero-order valence-electron chi connectivity index (χ0n) is 11.0. The molecule has 1 atom stereocenters. The molecule has 0 bridgehead atoms. The largest absolute Gasteiger partial charge is 0.490 e. The van der Waals surface area contributed by atoms with Crippen LogP contribution in [0.15, 0.2) is 18.2 Å². The van der Waals surface area contributed by atoms with Gasteiger partial charge in [0.15, 0.2) is 11.5 Å². The Kier molecular flexibility index (Phi) is 5.82. The van der Waals surface area contributed by atoms with Crippen molar-refractivity contribution in [3.05, 3.63) is 23.8 Å². The number of nitrogens with two attached hydrogens (primary N) is 1. The fourth-order valence-electron chi connectivity index (χ4n) is 1.88. The highest BCUT2D eigenvalue weighted by atomic mass is 32.2. The first kappa shape index (κ1) is 14.5. The monoisotopic (exact) mass is 283 g/mol. The second kappa shape index (κ2) is 7.62. The smallest absolute Gasteiger partial charge is 0.161 e. The summed E-state index contributed by atoms with van der Waals surface area (Å²) in [6.07, 6.45) is 1.73. The predicted molar refractivity (Wildman–Crippen MR) is 78.0 cm³/mol. The molecule has 0 aliphatic carbocycles. The summed E-state index contributed by atoms with van der Waals surface area (Å²) in [5.41, 5.74) is 7.24. The number of ether oxygens (including phenoxy) is 2. The van der Waals surface area contributed by atoms with E-state index < -0.39 is 0 Å². The quantitative estimate of drug-likeness (QED) is 0.781. The first-order valence-corrected chi connectivity index (χ1v) is 7.80.